The van der Waals surface area contributed by atoms with Crippen LogP contribution in [0.15, 0.2) is 53.1 Å². The summed E-state index contributed by atoms with van der Waals surface area (Å²) in [4.78, 5) is 15.9. The fourth-order valence-electron chi connectivity index (χ4n) is 2.34. The molecule has 0 bridgehead atoms. The zero-order chi connectivity index (χ0) is 18.5. The number of rotatable bonds is 7. The van der Waals surface area contributed by atoms with Gasteiger partial charge in [0.25, 0.3) is 5.91 Å². The van der Waals surface area contributed by atoms with Gasteiger partial charge >= 0.3 is 0 Å². The molecule has 0 unspecified atom stereocenters. The zero-order valence-corrected chi connectivity index (χ0v) is 14.4. The Morgan fingerprint density at radius 1 is 1.08 bits per heavy atom. The predicted octanol–water partition coefficient (Wildman–Crippen LogP) is 3.04. The van der Waals surface area contributed by atoms with Gasteiger partial charge in [0.05, 0.1) is 19.8 Å². The summed E-state index contributed by atoms with van der Waals surface area (Å²) in [6.07, 6.45) is 1.50. The maximum atomic E-state index is 11.5. The molecule has 0 saturated heterocycles. The Morgan fingerprint density at radius 3 is 2.42 bits per heavy atom. The second-order valence-corrected chi connectivity index (χ2v) is 5.39. The van der Waals surface area contributed by atoms with Gasteiger partial charge in [0, 0.05) is 11.6 Å². The molecule has 0 saturated carbocycles. The van der Waals surface area contributed by atoms with E-state index < -0.39 is 5.91 Å². The number of carbonyl (C=O) groups excluding carboxylic acids is 1. The van der Waals surface area contributed by atoms with E-state index >= 15 is 0 Å². The van der Waals surface area contributed by atoms with Crippen molar-refractivity contribution in [1.29, 1.82) is 0 Å². The van der Waals surface area contributed by atoms with Crippen LogP contribution < -0.4 is 19.9 Å². The summed E-state index contributed by atoms with van der Waals surface area (Å²) in [5.74, 6) is 1.52. The van der Waals surface area contributed by atoms with Crippen molar-refractivity contribution in [3.63, 3.8) is 0 Å². The summed E-state index contributed by atoms with van der Waals surface area (Å²) in [5.41, 5.74) is 7.04. The van der Waals surface area contributed by atoms with E-state index in [4.69, 9.17) is 24.4 Å². The molecule has 1 aromatic heterocycles. The third-order valence-corrected chi connectivity index (χ3v) is 3.72. The molecule has 0 radical (unpaired) electrons. The quantitative estimate of drug-likeness (QED) is 0.700. The summed E-state index contributed by atoms with van der Waals surface area (Å²) >= 11 is 0. The van der Waals surface area contributed by atoms with Crippen LogP contribution in [0.5, 0.6) is 17.2 Å². The number of methoxy groups -OCH3 is 2. The zero-order valence-electron chi connectivity index (χ0n) is 14.4. The van der Waals surface area contributed by atoms with Gasteiger partial charge in [-0.05, 0) is 36.4 Å². The summed E-state index contributed by atoms with van der Waals surface area (Å²) in [7, 11) is 3.14. The number of hydrogen-bond acceptors (Lipinski definition) is 6. The van der Waals surface area contributed by atoms with E-state index in [2.05, 4.69) is 4.98 Å². The van der Waals surface area contributed by atoms with Crippen molar-refractivity contribution < 1.29 is 23.4 Å². The van der Waals surface area contributed by atoms with Gasteiger partial charge in [0.2, 0.25) is 5.89 Å². The van der Waals surface area contributed by atoms with Gasteiger partial charge in [-0.2, -0.15) is 0 Å². The minimum Gasteiger partial charge on any atom is -0.497 e. The first-order chi connectivity index (χ1) is 12.6. The van der Waals surface area contributed by atoms with Crippen LogP contribution in [0, 0.1) is 0 Å². The smallest absolute Gasteiger partial charge is 0.252 e. The second-order valence-electron chi connectivity index (χ2n) is 5.39. The molecule has 3 rings (SSSR count). The number of nitrogens with zero attached hydrogens (tertiary/aromatic N) is 1. The Bertz CT molecular complexity index is 903. The van der Waals surface area contributed by atoms with E-state index in [1.165, 1.54) is 13.4 Å². The number of primary amides is 1. The molecule has 7 nitrogen and oxygen atoms in total. The molecule has 0 aliphatic heterocycles. The lowest BCUT2D eigenvalue weighted by Gasteiger charge is -2.10. The number of amides is 1. The summed E-state index contributed by atoms with van der Waals surface area (Å²) in [6, 6.07) is 12.2. The van der Waals surface area contributed by atoms with Gasteiger partial charge in [-0.25, -0.2) is 4.98 Å². The van der Waals surface area contributed by atoms with E-state index in [-0.39, 0.29) is 12.2 Å². The van der Waals surface area contributed by atoms with E-state index in [1.807, 2.05) is 24.3 Å². The molecule has 134 valence electrons. The standard InChI is InChI=1S/C19H18N2O5/c1-23-14-5-3-12(4-6-14)19-21-13(11-26-19)10-25-17-9-15(24-2)7-8-16(17)18(20)22/h3-9,11H,10H2,1-2H3,(H2,20,22). The molecule has 7 heteroatoms. The van der Waals surface area contributed by atoms with Crippen LogP contribution in [0.2, 0.25) is 0 Å². The van der Waals surface area contributed by atoms with E-state index in [9.17, 15) is 4.79 Å². The lowest BCUT2D eigenvalue weighted by molar-refractivity contribution is 0.0995. The molecular formula is C19H18N2O5. The van der Waals surface area contributed by atoms with Crippen LogP contribution in [0.4, 0.5) is 0 Å². The van der Waals surface area contributed by atoms with Gasteiger partial charge < -0.3 is 24.4 Å². The SMILES string of the molecule is COc1ccc(-c2nc(COc3cc(OC)ccc3C(N)=O)co2)cc1. The van der Waals surface area contributed by atoms with Crippen LogP contribution in [0.1, 0.15) is 16.1 Å². The molecule has 2 aromatic carbocycles. The van der Waals surface area contributed by atoms with Crippen LogP contribution in [0.3, 0.4) is 0 Å². The van der Waals surface area contributed by atoms with Crippen molar-refractivity contribution in [2.24, 2.45) is 5.73 Å². The third kappa shape index (κ3) is 3.77. The Morgan fingerprint density at radius 2 is 1.77 bits per heavy atom. The number of oxazole rings is 1. The van der Waals surface area contributed by atoms with Gasteiger partial charge in [-0.15, -0.1) is 0 Å². The molecule has 0 aliphatic rings. The highest BCUT2D eigenvalue weighted by Gasteiger charge is 2.13. The maximum absolute atomic E-state index is 11.5. The number of benzene rings is 2. The number of hydrogen-bond donors (Lipinski definition) is 1. The van der Waals surface area contributed by atoms with Crippen LogP contribution in [0.25, 0.3) is 11.5 Å². The molecule has 0 spiro atoms. The Kier molecular flexibility index (Phi) is 5.07. The minimum absolute atomic E-state index is 0.118. The molecule has 0 aliphatic carbocycles. The molecule has 1 heterocycles. The van der Waals surface area contributed by atoms with Crippen LogP contribution in [-0.2, 0) is 6.61 Å². The monoisotopic (exact) mass is 354 g/mol. The Hall–Kier alpha value is -3.48. The molecule has 1 amide bonds. The topological polar surface area (TPSA) is 96.8 Å². The fourth-order valence-corrected chi connectivity index (χ4v) is 2.34. The van der Waals surface area contributed by atoms with Crippen LogP contribution >= 0.6 is 0 Å². The Balaban J connectivity index is 1.74. The first kappa shape index (κ1) is 17.3. The van der Waals surface area contributed by atoms with Gasteiger partial charge in [-0.3, -0.25) is 4.79 Å². The average molecular weight is 354 g/mol. The lowest BCUT2D eigenvalue weighted by Crippen LogP contribution is -2.13. The highest BCUT2D eigenvalue weighted by molar-refractivity contribution is 5.95. The first-order valence-corrected chi connectivity index (χ1v) is 7.80. The van der Waals surface area contributed by atoms with Crippen molar-refractivity contribution in [2.75, 3.05) is 14.2 Å². The van der Waals surface area contributed by atoms with E-state index in [0.29, 0.717) is 23.1 Å². The number of carbonyl (C=O) groups is 1. The highest BCUT2D eigenvalue weighted by Crippen LogP contribution is 2.26. The molecule has 0 atom stereocenters. The van der Waals surface area contributed by atoms with Crippen molar-refractivity contribution >= 4 is 5.91 Å². The van der Waals surface area contributed by atoms with Gasteiger partial charge in [0.15, 0.2) is 0 Å². The van der Waals surface area contributed by atoms with E-state index in [1.54, 1.807) is 25.3 Å². The average Bonchev–Trinajstić information content (AvgIpc) is 3.15. The number of ether oxygens (including phenoxy) is 3. The lowest BCUT2D eigenvalue weighted by atomic mass is 10.2. The summed E-state index contributed by atoms with van der Waals surface area (Å²) in [6.45, 7) is 0.118. The molecule has 26 heavy (non-hydrogen) atoms. The predicted molar refractivity (Wildman–Crippen MR) is 94.3 cm³/mol. The number of nitrogens with two attached hydrogens (primary N) is 1. The van der Waals surface area contributed by atoms with Crippen molar-refractivity contribution in [2.45, 2.75) is 6.61 Å². The third-order valence-electron chi connectivity index (χ3n) is 3.72. The minimum atomic E-state index is -0.582. The number of aromatic nitrogens is 1. The van der Waals surface area contributed by atoms with Crippen LogP contribution in [-0.4, -0.2) is 25.1 Å². The van der Waals surface area contributed by atoms with Crippen molar-refractivity contribution in [1.82, 2.24) is 4.98 Å². The summed E-state index contributed by atoms with van der Waals surface area (Å²) < 4.78 is 21.5. The molecule has 2 N–H and O–H groups in total. The van der Waals surface area contributed by atoms with Crippen molar-refractivity contribution in [3.8, 4) is 28.7 Å². The summed E-state index contributed by atoms with van der Waals surface area (Å²) in [5, 5.41) is 0. The maximum Gasteiger partial charge on any atom is 0.252 e. The largest absolute Gasteiger partial charge is 0.497 e. The van der Waals surface area contributed by atoms with E-state index in [0.717, 1.165) is 11.3 Å². The second kappa shape index (κ2) is 7.60. The van der Waals surface area contributed by atoms with Gasteiger partial charge in [-0.1, -0.05) is 0 Å². The van der Waals surface area contributed by atoms with Gasteiger partial charge in [0.1, 0.15) is 35.8 Å². The Labute approximate surface area is 150 Å². The van der Waals surface area contributed by atoms with Crippen molar-refractivity contribution in [3.05, 3.63) is 60.0 Å². The molecular weight excluding hydrogens is 336 g/mol. The highest BCUT2D eigenvalue weighted by atomic mass is 16.5. The first-order valence-electron chi connectivity index (χ1n) is 7.80. The normalized spacial score (nSPS) is 10.4. The molecule has 3 aromatic rings. The molecule has 0 fully saturated rings. The fraction of sp³-hybridized carbons (Fsp3) is 0.158.